The van der Waals surface area contributed by atoms with Gasteiger partial charge in [-0.2, -0.15) is 0 Å². The first kappa shape index (κ1) is 42.6. The molecule has 0 unspecified atom stereocenters. The minimum absolute atomic E-state index is 1.24. The van der Waals surface area contributed by atoms with Gasteiger partial charge in [0.05, 0.1) is 0 Å². The zero-order valence-electron chi connectivity index (χ0n) is 35.9. The van der Waals surface area contributed by atoms with Crippen molar-refractivity contribution in [3.8, 4) is 0 Å². The standard InChI is InChI=1S/C16H16.4C11H10/c1-13-3-7-15(8-4-13)11-12-16-9-5-14(2)6-10-16;4*1-9-6-7-10-4-2-3-5-11(10)8-9/h3-12H,1-2H3;4*2-8H,1H3/b12-11+;;;;. The van der Waals surface area contributed by atoms with E-state index in [-0.39, 0.29) is 0 Å². The van der Waals surface area contributed by atoms with E-state index in [0.29, 0.717) is 0 Å². The molecule has 0 bridgehead atoms. The van der Waals surface area contributed by atoms with E-state index in [1.54, 1.807) is 0 Å². The second kappa shape index (κ2) is 21.7. The summed E-state index contributed by atoms with van der Waals surface area (Å²) in [6, 6.07) is 76.8. The van der Waals surface area contributed by atoms with Gasteiger partial charge in [-0.3, -0.25) is 0 Å². The van der Waals surface area contributed by atoms with Crippen LogP contribution in [-0.4, -0.2) is 0 Å². The summed E-state index contributed by atoms with van der Waals surface area (Å²) in [7, 11) is 0. The number of fused-ring (bicyclic) bond motifs is 4. The second-order valence-electron chi connectivity index (χ2n) is 15.6. The molecule has 0 aliphatic heterocycles. The van der Waals surface area contributed by atoms with E-state index in [2.05, 4.69) is 272 Å². The van der Waals surface area contributed by atoms with Crippen molar-refractivity contribution in [3.63, 3.8) is 0 Å². The Morgan fingerprint density at radius 1 is 0.200 bits per heavy atom. The summed E-state index contributed by atoms with van der Waals surface area (Å²) in [5, 5.41) is 10.6. The molecule has 0 saturated carbocycles. The van der Waals surface area contributed by atoms with Crippen molar-refractivity contribution in [3.05, 3.63) is 263 Å². The van der Waals surface area contributed by atoms with Crippen LogP contribution in [0.25, 0.3) is 55.2 Å². The predicted octanol–water partition coefficient (Wildman–Crippen LogP) is 17.1. The van der Waals surface area contributed by atoms with Gasteiger partial charge in [0.1, 0.15) is 0 Å². The Kier molecular flexibility index (Phi) is 15.4. The molecule has 0 heteroatoms. The summed E-state index contributed by atoms with van der Waals surface area (Å²) in [5.41, 5.74) is 10.4. The third-order valence-corrected chi connectivity index (χ3v) is 10.2. The van der Waals surface area contributed by atoms with Crippen LogP contribution in [-0.2, 0) is 0 Å². The Morgan fingerprint density at radius 3 is 0.633 bits per heavy atom. The SMILES string of the molecule is Cc1ccc(/C=C/c2ccc(C)cc2)cc1.Cc1ccc2ccccc2c1.Cc1ccc2ccccc2c1.Cc1ccc2ccccc2c1.Cc1ccc2ccccc2c1. The molecule has 0 aliphatic carbocycles. The van der Waals surface area contributed by atoms with Crippen LogP contribution in [0.3, 0.4) is 0 Å². The maximum absolute atomic E-state index is 2.20. The summed E-state index contributed by atoms with van der Waals surface area (Å²) in [6.45, 7) is 12.7. The van der Waals surface area contributed by atoms with E-state index in [0.717, 1.165) is 0 Å². The fourth-order valence-electron chi connectivity index (χ4n) is 6.78. The van der Waals surface area contributed by atoms with E-state index in [1.165, 1.54) is 87.6 Å². The lowest BCUT2D eigenvalue weighted by atomic mass is 10.1. The van der Waals surface area contributed by atoms with Gasteiger partial charge in [-0.1, -0.05) is 264 Å². The van der Waals surface area contributed by atoms with Crippen LogP contribution >= 0.6 is 0 Å². The van der Waals surface area contributed by atoms with Gasteiger partial charge in [0, 0.05) is 0 Å². The highest BCUT2D eigenvalue weighted by atomic mass is 14.0. The smallest absolute Gasteiger partial charge is 0.0181 e. The van der Waals surface area contributed by atoms with Crippen molar-refractivity contribution in [1.82, 2.24) is 0 Å². The molecular formula is C60H56. The van der Waals surface area contributed by atoms with Crippen molar-refractivity contribution < 1.29 is 0 Å². The molecule has 0 N–H and O–H groups in total. The van der Waals surface area contributed by atoms with Crippen molar-refractivity contribution >= 4 is 55.2 Å². The first-order valence-electron chi connectivity index (χ1n) is 20.8. The number of rotatable bonds is 2. The van der Waals surface area contributed by atoms with Gasteiger partial charge in [-0.05, 0) is 95.8 Å². The molecule has 0 radical (unpaired) electrons. The molecule has 0 nitrogen and oxygen atoms in total. The highest BCUT2D eigenvalue weighted by Crippen LogP contribution is 2.18. The van der Waals surface area contributed by atoms with Crippen molar-refractivity contribution in [2.75, 3.05) is 0 Å². The van der Waals surface area contributed by atoms with Gasteiger partial charge in [-0.15, -0.1) is 0 Å². The van der Waals surface area contributed by atoms with Crippen molar-refractivity contribution in [2.24, 2.45) is 0 Å². The summed E-state index contributed by atoms with van der Waals surface area (Å²) >= 11 is 0. The van der Waals surface area contributed by atoms with E-state index >= 15 is 0 Å². The molecule has 0 spiro atoms. The lowest BCUT2D eigenvalue weighted by molar-refractivity contribution is 1.46. The molecular weight excluding hydrogens is 721 g/mol. The summed E-state index contributed by atoms with van der Waals surface area (Å²) in [6.07, 6.45) is 4.29. The quantitative estimate of drug-likeness (QED) is 0.153. The number of hydrogen-bond donors (Lipinski definition) is 0. The Labute approximate surface area is 358 Å². The highest BCUT2D eigenvalue weighted by molar-refractivity contribution is 5.85. The summed E-state index contributed by atoms with van der Waals surface area (Å²) < 4.78 is 0. The Balaban J connectivity index is 0.000000127. The molecule has 0 fully saturated rings. The van der Waals surface area contributed by atoms with E-state index < -0.39 is 0 Å². The maximum Gasteiger partial charge on any atom is -0.0181 e. The van der Waals surface area contributed by atoms with Gasteiger partial charge in [0.25, 0.3) is 0 Å². The molecule has 10 aromatic rings. The lowest BCUT2D eigenvalue weighted by Crippen LogP contribution is -1.75. The maximum atomic E-state index is 2.20. The fourth-order valence-corrected chi connectivity index (χ4v) is 6.78. The normalized spacial score (nSPS) is 10.4. The predicted molar refractivity (Wildman–Crippen MR) is 266 cm³/mol. The fraction of sp³-hybridized carbons (Fsp3) is 0.100. The Morgan fingerprint density at radius 2 is 0.400 bits per heavy atom. The van der Waals surface area contributed by atoms with Crippen LogP contribution in [0, 0.1) is 41.5 Å². The minimum atomic E-state index is 1.24. The first-order valence-corrected chi connectivity index (χ1v) is 20.8. The minimum Gasteiger partial charge on any atom is -0.0616 e. The molecule has 0 amide bonds. The highest BCUT2D eigenvalue weighted by Gasteiger charge is 1.93. The Bertz CT molecular complexity index is 2550. The lowest BCUT2D eigenvalue weighted by Gasteiger charge is -1.96. The number of aryl methyl sites for hydroxylation is 6. The second-order valence-corrected chi connectivity index (χ2v) is 15.6. The van der Waals surface area contributed by atoms with E-state index in [9.17, 15) is 0 Å². The molecule has 0 atom stereocenters. The zero-order chi connectivity index (χ0) is 42.1. The molecule has 0 heterocycles. The topological polar surface area (TPSA) is 0 Å². The average Bonchev–Trinajstić information content (AvgIpc) is 3.27. The van der Waals surface area contributed by atoms with Crippen LogP contribution in [0.4, 0.5) is 0 Å². The monoisotopic (exact) mass is 776 g/mol. The summed E-state index contributed by atoms with van der Waals surface area (Å²) in [4.78, 5) is 0. The van der Waals surface area contributed by atoms with E-state index in [4.69, 9.17) is 0 Å². The van der Waals surface area contributed by atoms with Gasteiger partial charge in [0.15, 0.2) is 0 Å². The summed E-state index contributed by atoms with van der Waals surface area (Å²) in [5.74, 6) is 0. The molecule has 296 valence electrons. The number of hydrogen-bond acceptors (Lipinski definition) is 0. The van der Waals surface area contributed by atoms with Crippen LogP contribution < -0.4 is 0 Å². The molecule has 0 aliphatic rings. The zero-order valence-corrected chi connectivity index (χ0v) is 35.9. The van der Waals surface area contributed by atoms with Crippen molar-refractivity contribution in [1.29, 1.82) is 0 Å². The van der Waals surface area contributed by atoms with Crippen LogP contribution in [0.1, 0.15) is 44.5 Å². The number of benzene rings is 10. The van der Waals surface area contributed by atoms with Crippen LogP contribution in [0.15, 0.2) is 218 Å². The molecule has 10 aromatic carbocycles. The Hall–Kier alpha value is -7.02. The third-order valence-electron chi connectivity index (χ3n) is 10.2. The van der Waals surface area contributed by atoms with Crippen LogP contribution in [0.5, 0.6) is 0 Å². The van der Waals surface area contributed by atoms with Gasteiger partial charge < -0.3 is 0 Å². The molecule has 60 heavy (non-hydrogen) atoms. The molecule has 10 rings (SSSR count). The van der Waals surface area contributed by atoms with E-state index in [1.807, 2.05) is 0 Å². The van der Waals surface area contributed by atoms with Gasteiger partial charge in [0.2, 0.25) is 0 Å². The molecule has 0 aromatic heterocycles. The first-order chi connectivity index (χ1) is 29.2. The van der Waals surface area contributed by atoms with Crippen molar-refractivity contribution in [2.45, 2.75) is 41.5 Å². The average molecular weight is 777 g/mol. The van der Waals surface area contributed by atoms with Gasteiger partial charge in [-0.25, -0.2) is 0 Å². The largest absolute Gasteiger partial charge is 0.0616 e. The third kappa shape index (κ3) is 13.3. The molecule has 0 saturated heterocycles. The van der Waals surface area contributed by atoms with Gasteiger partial charge >= 0.3 is 0 Å². The van der Waals surface area contributed by atoms with Crippen LogP contribution in [0.2, 0.25) is 0 Å².